The lowest BCUT2D eigenvalue weighted by Crippen LogP contribution is -2.32. The van der Waals surface area contributed by atoms with Crippen LogP contribution in [-0.4, -0.2) is 38.3 Å². The molecule has 0 saturated carbocycles. The van der Waals surface area contributed by atoms with Crippen molar-refractivity contribution in [3.8, 4) is 11.5 Å². The summed E-state index contributed by atoms with van der Waals surface area (Å²) in [7, 11) is 1.56. The first-order chi connectivity index (χ1) is 12.0. The van der Waals surface area contributed by atoms with E-state index in [-0.39, 0.29) is 12.3 Å². The third-order valence-corrected chi connectivity index (χ3v) is 3.08. The first-order valence-electron chi connectivity index (χ1n) is 8.35. The fourth-order valence-electron chi connectivity index (χ4n) is 1.84. The van der Waals surface area contributed by atoms with Crippen LogP contribution >= 0.6 is 0 Å². The van der Waals surface area contributed by atoms with Crippen molar-refractivity contribution in [1.82, 2.24) is 10.7 Å². The Labute approximate surface area is 148 Å². The third kappa shape index (κ3) is 8.19. The number of carbonyl (C=O) groups is 2. The highest BCUT2D eigenvalue weighted by Crippen LogP contribution is 2.27. The number of hydrazone groups is 1. The minimum atomic E-state index is -0.465. The van der Waals surface area contributed by atoms with Gasteiger partial charge in [-0.15, -0.1) is 0 Å². The minimum Gasteiger partial charge on any atom is -0.493 e. The van der Waals surface area contributed by atoms with Crippen molar-refractivity contribution in [3.63, 3.8) is 0 Å². The van der Waals surface area contributed by atoms with Crippen LogP contribution in [0.2, 0.25) is 0 Å². The number of nitrogens with one attached hydrogen (secondary N) is 2. The molecule has 0 atom stereocenters. The van der Waals surface area contributed by atoms with Crippen molar-refractivity contribution < 1.29 is 19.1 Å². The number of methoxy groups -OCH3 is 1. The molecule has 25 heavy (non-hydrogen) atoms. The van der Waals surface area contributed by atoms with Gasteiger partial charge >= 0.3 is 0 Å². The summed E-state index contributed by atoms with van der Waals surface area (Å²) in [4.78, 5) is 23.2. The molecule has 0 fully saturated rings. The van der Waals surface area contributed by atoms with Crippen LogP contribution in [0.1, 0.15) is 39.2 Å². The molecule has 0 unspecified atom stereocenters. The van der Waals surface area contributed by atoms with Gasteiger partial charge in [0, 0.05) is 6.54 Å². The quantitative estimate of drug-likeness (QED) is 0.385. The molecule has 2 N–H and O–H groups in total. The minimum absolute atomic E-state index is 0.253. The van der Waals surface area contributed by atoms with Gasteiger partial charge in [0.15, 0.2) is 11.5 Å². The number of hydrogen-bond acceptors (Lipinski definition) is 5. The van der Waals surface area contributed by atoms with Crippen LogP contribution in [0.15, 0.2) is 23.3 Å². The number of hydrogen-bond donors (Lipinski definition) is 2. The summed E-state index contributed by atoms with van der Waals surface area (Å²) in [5.74, 6) is 0.807. The highest BCUT2D eigenvalue weighted by atomic mass is 16.5. The second kappa shape index (κ2) is 11.1. The van der Waals surface area contributed by atoms with Gasteiger partial charge in [0.1, 0.15) is 6.42 Å². The Morgan fingerprint density at radius 2 is 2.00 bits per heavy atom. The van der Waals surface area contributed by atoms with E-state index in [9.17, 15) is 9.59 Å². The van der Waals surface area contributed by atoms with E-state index < -0.39 is 5.91 Å². The van der Waals surface area contributed by atoms with Gasteiger partial charge in [-0.1, -0.05) is 20.8 Å². The molecule has 1 aromatic carbocycles. The molecule has 0 aromatic heterocycles. The van der Waals surface area contributed by atoms with Crippen LogP contribution in [0, 0.1) is 5.92 Å². The Morgan fingerprint density at radius 1 is 1.24 bits per heavy atom. The molecule has 1 rings (SSSR count). The normalized spacial score (nSPS) is 10.8. The van der Waals surface area contributed by atoms with Crippen molar-refractivity contribution in [2.75, 3.05) is 20.3 Å². The predicted octanol–water partition coefficient (Wildman–Crippen LogP) is 2.10. The highest BCUT2D eigenvalue weighted by Gasteiger charge is 2.09. The molecule has 0 saturated heterocycles. The Kier molecular flexibility index (Phi) is 9.06. The van der Waals surface area contributed by atoms with Gasteiger partial charge < -0.3 is 14.8 Å². The first-order valence-corrected chi connectivity index (χ1v) is 8.35. The maximum absolute atomic E-state index is 11.7. The van der Waals surface area contributed by atoms with Crippen LogP contribution in [0.5, 0.6) is 11.5 Å². The SMILES string of the molecule is CCCOc1ccc(C=NNC(=O)CC(=O)NCC(C)C)cc1OC. The number of rotatable bonds is 10. The summed E-state index contributed by atoms with van der Waals surface area (Å²) in [5, 5.41) is 6.53. The smallest absolute Gasteiger partial charge is 0.249 e. The fraction of sp³-hybridized carbons (Fsp3) is 0.500. The molecular weight excluding hydrogens is 322 g/mol. The lowest BCUT2D eigenvalue weighted by atomic mass is 10.2. The van der Waals surface area contributed by atoms with Gasteiger partial charge in [0.05, 0.1) is 19.9 Å². The van der Waals surface area contributed by atoms with Gasteiger partial charge in [0.2, 0.25) is 11.8 Å². The number of nitrogens with zero attached hydrogens (tertiary/aromatic N) is 1. The Morgan fingerprint density at radius 3 is 2.64 bits per heavy atom. The second-order valence-corrected chi connectivity index (χ2v) is 5.93. The monoisotopic (exact) mass is 349 g/mol. The van der Waals surface area contributed by atoms with E-state index in [1.165, 1.54) is 6.21 Å². The zero-order valence-electron chi connectivity index (χ0n) is 15.3. The molecule has 7 nitrogen and oxygen atoms in total. The van der Waals surface area contributed by atoms with Crippen LogP contribution in [0.4, 0.5) is 0 Å². The van der Waals surface area contributed by atoms with Crippen molar-refractivity contribution in [2.45, 2.75) is 33.6 Å². The van der Waals surface area contributed by atoms with Gasteiger partial charge in [-0.05, 0) is 36.1 Å². The maximum atomic E-state index is 11.7. The fourth-order valence-corrected chi connectivity index (χ4v) is 1.84. The molecule has 0 spiro atoms. The lowest BCUT2D eigenvalue weighted by molar-refractivity contribution is -0.129. The largest absolute Gasteiger partial charge is 0.493 e. The molecule has 0 heterocycles. The summed E-state index contributed by atoms with van der Waals surface area (Å²) < 4.78 is 10.9. The Balaban J connectivity index is 2.52. The highest BCUT2D eigenvalue weighted by molar-refractivity contribution is 5.97. The molecule has 0 aliphatic rings. The predicted molar refractivity (Wildman–Crippen MR) is 97.0 cm³/mol. The summed E-state index contributed by atoms with van der Waals surface area (Å²) in [6.45, 7) is 7.15. The average Bonchev–Trinajstić information content (AvgIpc) is 2.58. The summed E-state index contributed by atoms with van der Waals surface area (Å²) >= 11 is 0. The third-order valence-electron chi connectivity index (χ3n) is 3.08. The van der Waals surface area contributed by atoms with Crippen molar-refractivity contribution >= 4 is 18.0 Å². The van der Waals surface area contributed by atoms with Crippen LogP contribution in [-0.2, 0) is 9.59 Å². The number of carbonyl (C=O) groups excluding carboxylic acids is 2. The Bertz CT molecular complexity index is 600. The van der Waals surface area contributed by atoms with Gasteiger partial charge in [-0.3, -0.25) is 9.59 Å². The van der Waals surface area contributed by atoms with Gasteiger partial charge in [-0.25, -0.2) is 5.43 Å². The molecule has 0 radical (unpaired) electrons. The van der Waals surface area contributed by atoms with Gasteiger partial charge in [0.25, 0.3) is 0 Å². The van der Waals surface area contributed by atoms with E-state index >= 15 is 0 Å². The van der Waals surface area contributed by atoms with E-state index in [0.717, 1.165) is 12.0 Å². The molecule has 0 aliphatic heterocycles. The van der Waals surface area contributed by atoms with Gasteiger partial charge in [-0.2, -0.15) is 5.10 Å². The van der Waals surface area contributed by atoms with Crippen molar-refractivity contribution in [2.24, 2.45) is 11.0 Å². The molecular formula is C18H27N3O4. The molecule has 138 valence electrons. The standard InChI is InChI=1S/C18H27N3O4/c1-5-8-25-15-7-6-14(9-16(15)24-4)12-20-21-18(23)10-17(22)19-11-13(2)3/h6-7,9,12-13H,5,8,10-11H2,1-4H3,(H,19,22)(H,21,23). The van der Waals surface area contributed by atoms with E-state index in [1.54, 1.807) is 25.3 Å². The second-order valence-electron chi connectivity index (χ2n) is 5.93. The summed E-state index contributed by atoms with van der Waals surface area (Å²) in [5.41, 5.74) is 3.07. The molecule has 0 aliphatic carbocycles. The Hall–Kier alpha value is -2.57. The first kappa shape index (κ1) is 20.5. The number of amides is 2. The summed E-state index contributed by atoms with van der Waals surface area (Å²) in [6.07, 6.45) is 2.14. The van der Waals surface area contributed by atoms with Crippen LogP contribution in [0.25, 0.3) is 0 Å². The van der Waals surface area contributed by atoms with E-state index in [0.29, 0.717) is 30.6 Å². The molecule has 2 amide bonds. The lowest BCUT2D eigenvalue weighted by Gasteiger charge is -2.10. The zero-order chi connectivity index (χ0) is 18.7. The van der Waals surface area contributed by atoms with Crippen molar-refractivity contribution in [1.29, 1.82) is 0 Å². The van der Waals surface area contributed by atoms with Crippen molar-refractivity contribution in [3.05, 3.63) is 23.8 Å². The van der Waals surface area contributed by atoms with E-state index in [1.807, 2.05) is 20.8 Å². The topological polar surface area (TPSA) is 89.0 Å². The van der Waals surface area contributed by atoms with E-state index in [4.69, 9.17) is 9.47 Å². The average molecular weight is 349 g/mol. The van der Waals surface area contributed by atoms with Crippen LogP contribution < -0.4 is 20.2 Å². The molecule has 1 aromatic rings. The number of ether oxygens (including phenoxy) is 2. The molecule has 7 heteroatoms. The molecule has 0 bridgehead atoms. The maximum Gasteiger partial charge on any atom is 0.249 e. The number of benzene rings is 1. The van der Waals surface area contributed by atoms with Crippen LogP contribution in [0.3, 0.4) is 0 Å². The zero-order valence-corrected chi connectivity index (χ0v) is 15.3. The van der Waals surface area contributed by atoms with E-state index in [2.05, 4.69) is 15.8 Å². The summed E-state index contributed by atoms with van der Waals surface area (Å²) in [6, 6.07) is 5.35.